The Morgan fingerprint density at radius 3 is 2.55 bits per heavy atom. The van der Waals surface area contributed by atoms with Crippen molar-refractivity contribution in [2.45, 2.75) is 91.5 Å². The number of aliphatic carboxylic acids is 1. The first-order valence-electron chi connectivity index (χ1n) is 11.6. The number of hydrogen-bond acceptors (Lipinski definition) is 6. The molecule has 2 aliphatic rings. The Morgan fingerprint density at radius 1 is 1.26 bits per heavy atom. The van der Waals surface area contributed by atoms with Gasteiger partial charge in [0, 0.05) is 18.3 Å². The van der Waals surface area contributed by atoms with Crippen molar-refractivity contribution in [3.63, 3.8) is 0 Å². The van der Waals surface area contributed by atoms with E-state index in [1.807, 2.05) is 20.8 Å². The zero-order valence-corrected chi connectivity index (χ0v) is 19.5. The molecule has 7 atom stereocenters. The minimum Gasteiger partial charge on any atom is -0.550 e. The van der Waals surface area contributed by atoms with Crippen LogP contribution in [0.25, 0.3) is 0 Å². The number of ether oxygens (including phenoxy) is 1. The Labute approximate surface area is 186 Å². The van der Waals surface area contributed by atoms with Gasteiger partial charge in [0.2, 0.25) is 0 Å². The fourth-order valence-corrected chi connectivity index (χ4v) is 4.76. The molecular weight excluding hydrogens is 396 g/mol. The van der Waals surface area contributed by atoms with E-state index >= 15 is 0 Å². The maximum absolute atomic E-state index is 12.8. The van der Waals surface area contributed by atoms with E-state index < -0.39 is 30.0 Å². The number of fused-ring (bicyclic) bond motifs is 1. The number of aliphatic hydroxyl groups is 2. The minimum atomic E-state index is -1.32. The van der Waals surface area contributed by atoms with Crippen LogP contribution in [0.1, 0.15) is 73.1 Å². The van der Waals surface area contributed by atoms with Crippen LogP contribution >= 0.6 is 0 Å². The molecule has 0 aromatic carbocycles. The highest BCUT2D eigenvalue weighted by Crippen LogP contribution is 2.45. The molecule has 0 bridgehead atoms. The van der Waals surface area contributed by atoms with E-state index in [2.05, 4.69) is 32.1 Å². The third kappa shape index (κ3) is 6.91. The normalized spacial score (nSPS) is 30.2. The average molecular weight is 436 g/mol. The Hall–Kier alpha value is -1.66. The topological polar surface area (TPSA) is 107 Å². The van der Waals surface area contributed by atoms with E-state index in [-0.39, 0.29) is 36.2 Å². The monoisotopic (exact) mass is 435 g/mol. The van der Waals surface area contributed by atoms with Gasteiger partial charge in [-0.3, -0.25) is 4.79 Å². The van der Waals surface area contributed by atoms with Crippen molar-refractivity contribution >= 4 is 11.9 Å². The molecule has 6 heteroatoms. The summed E-state index contributed by atoms with van der Waals surface area (Å²) < 4.78 is 6.09. The second kappa shape index (κ2) is 10.8. The van der Waals surface area contributed by atoms with E-state index in [9.17, 15) is 24.9 Å². The second-order valence-electron chi connectivity index (χ2n) is 10.2. The lowest BCUT2D eigenvalue weighted by Gasteiger charge is -2.44. The van der Waals surface area contributed by atoms with Crippen molar-refractivity contribution < 1.29 is 29.6 Å². The molecule has 0 radical (unpaired) electrons. The first kappa shape index (κ1) is 25.6. The second-order valence-corrected chi connectivity index (χ2v) is 10.2. The van der Waals surface area contributed by atoms with E-state index in [0.717, 1.165) is 6.42 Å². The zero-order valence-electron chi connectivity index (χ0n) is 19.5. The number of esters is 1. The fraction of sp³-hybridized carbons (Fsp3) is 0.760. The molecule has 0 aliphatic heterocycles. The van der Waals surface area contributed by atoms with Crippen LogP contribution in [0, 0.1) is 29.1 Å². The SMILES string of the molecule is CCC(C)(C)C(=O)O[C@H]1C[C@@H](C)C=C2C=C[C@H](C)[C@H](CCC(O)C[C@H](O)CC(=O)[O-])[C@H]21. The van der Waals surface area contributed by atoms with Crippen molar-refractivity contribution in [3.05, 3.63) is 23.8 Å². The molecule has 0 saturated carbocycles. The van der Waals surface area contributed by atoms with Gasteiger partial charge in [-0.1, -0.05) is 39.0 Å². The summed E-state index contributed by atoms with van der Waals surface area (Å²) in [5.41, 5.74) is 0.669. The predicted molar refractivity (Wildman–Crippen MR) is 117 cm³/mol. The summed E-state index contributed by atoms with van der Waals surface area (Å²) in [6.07, 6.45) is 6.66. The first-order chi connectivity index (χ1) is 14.4. The molecule has 0 fully saturated rings. The van der Waals surface area contributed by atoms with Gasteiger partial charge in [0.25, 0.3) is 0 Å². The highest BCUT2D eigenvalue weighted by atomic mass is 16.5. The van der Waals surface area contributed by atoms with Crippen molar-refractivity contribution in [1.29, 1.82) is 0 Å². The molecule has 0 saturated heterocycles. The molecule has 0 aromatic rings. The first-order valence-corrected chi connectivity index (χ1v) is 11.6. The van der Waals surface area contributed by atoms with Crippen LogP contribution in [-0.2, 0) is 14.3 Å². The third-order valence-electron chi connectivity index (χ3n) is 7.07. The molecule has 2 rings (SSSR count). The van der Waals surface area contributed by atoms with Crippen molar-refractivity contribution in [1.82, 2.24) is 0 Å². The molecule has 0 heterocycles. The largest absolute Gasteiger partial charge is 0.550 e. The highest BCUT2D eigenvalue weighted by Gasteiger charge is 2.42. The van der Waals surface area contributed by atoms with E-state index in [0.29, 0.717) is 25.2 Å². The summed E-state index contributed by atoms with van der Waals surface area (Å²) >= 11 is 0. The molecule has 2 N–H and O–H groups in total. The number of carboxylic acid groups (broad SMARTS) is 1. The summed E-state index contributed by atoms with van der Waals surface area (Å²) in [4.78, 5) is 23.5. The lowest BCUT2D eigenvalue weighted by molar-refractivity contribution is -0.307. The fourth-order valence-electron chi connectivity index (χ4n) is 4.76. The van der Waals surface area contributed by atoms with Gasteiger partial charge in [0.1, 0.15) is 6.10 Å². The molecular formula is C25H39O6-. The quantitative estimate of drug-likeness (QED) is 0.511. The highest BCUT2D eigenvalue weighted by molar-refractivity contribution is 5.76. The summed E-state index contributed by atoms with van der Waals surface area (Å²) in [6, 6.07) is 0. The molecule has 0 spiro atoms. The zero-order chi connectivity index (χ0) is 23.3. The standard InChI is InChI=1S/C25H40O6/c1-6-25(4,5)24(30)31-21-12-15(2)11-17-8-7-16(3)20(23(17)21)10-9-18(26)13-19(27)14-22(28)29/h7-8,11,15-16,18-21,23,26-27H,6,9-10,12-14H2,1-5H3,(H,28,29)/p-1/t15-,16-,18?,19-,20-,21-,23-/m0/s1. The number of carbonyl (C=O) groups is 2. The van der Waals surface area contributed by atoms with E-state index in [4.69, 9.17) is 4.74 Å². The van der Waals surface area contributed by atoms with Crippen LogP contribution in [0.15, 0.2) is 23.8 Å². The molecule has 176 valence electrons. The Kier molecular flexibility index (Phi) is 8.90. The molecule has 1 unspecified atom stereocenters. The number of hydrogen-bond donors (Lipinski definition) is 2. The summed E-state index contributed by atoms with van der Waals surface area (Å²) in [6.45, 7) is 10.1. The number of allylic oxidation sites excluding steroid dienone is 3. The van der Waals surface area contributed by atoms with E-state index in [1.54, 1.807) is 0 Å². The molecule has 31 heavy (non-hydrogen) atoms. The number of aliphatic hydroxyl groups excluding tert-OH is 2. The number of carboxylic acids is 1. The molecule has 6 nitrogen and oxygen atoms in total. The van der Waals surface area contributed by atoms with Gasteiger partial charge in [-0.15, -0.1) is 0 Å². The lowest BCUT2D eigenvalue weighted by atomic mass is 9.65. The van der Waals surface area contributed by atoms with Gasteiger partial charge in [0.15, 0.2) is 0 Å². The Morgan fingerprint density at radius 2 is 1.94 bits per heavy atom. The molecule has 0 amide bonds. The number of carbonyl (C=O) groups excluding carboxylic acids is 2. The molecule has 2 aliphatic carbocycles. The smallest absolute Gasteiger partial charge is 0.311 e. The Balaban J connectivity index is 2.12. The predicted octanol–water partition coefficient (Wildman–Crippen LogP) is 2.77. The van der Waals surface area contributed by atoms with Crippen LogP contribution < -0.4 is 5.11 Å². The van der Waals surface area contributed by atoms with Crippen LogP contribution in [0.3, 0.4) is 0 Å². The maximum atomic E-state index is 12.8. The lowest BCUT2D eigenvalue weighted by Crippen LogP contribution is -2.43. The molecule has 0 aromatic heterocycles. The van der Waals surface area contributed by atoms with Gasteiger partial charge in [0.05, 0.1) is 17.6 Å². The van der Waals surface area contributed by atoms with Crippen LogP contribution in [0.5, 0.6) is 0 Å². The average Bonchev–Trinajstić information content (AvgIpc) is 2.66. The van der Waals surface area contributed by atoms with Gasteiger partial charge in [-0.05, 0) is 69.3 Å². The summed E-state index contributed by atoms with van der Waals surface area (Å²) in [7, 11) is 0. The van der Waals surface area contributed by atoms with Crippen molar-refractivity contribution in [3.8, 4) is 0 Å². The van der Waals surface area contributed by atoms with Gasteiger partial charge in [-0.25, -0.2) is 0 Å². The maximum Gasteiger partial charge on any atom is 0.311 e. The summed E-state index contributed by atoms with van der Waals surface area (Å²) in [5, 5.41) is 30.8. The van der Waals surface area contributed by atoms with Crippen LogP contribution in [0.2, 0.25) is 0 Å². The van der Waals surface area contributed by atoms with Gasteiger partial charge in [-0.2, -0.15) is 0 Å². The Bertz CT molecular complexity index is 694. The van der Waals surface area contributed by atoms with Crippen molar-refractivity contribution in [2.24, 2.45) is 29.1 Å². The van der Waals surface area contributed by atoms with Crippen LogP contribution in [-0.4, -0.2) is 40.5 Å². The van der Waals surface area contributed by atoms with E-state index in [1.165, 1.54) is 5.57 Å². The van der Waals surface area contributed by atoms with Gasteiger partial charge >= 0.3 is 5.97 Å². The number of rotatable bonds is 10. The summed E-state index contributed by atoms with van der Waals surface area (Å²) in [5.74, 6) is -0.641. The third-order valence-corrected chi connectivity index (χ3v) is 7.07. The minimum absolute atomic E-state index is 0.0123. The van der Waals surface area contributed by atoms with Gasteiger partial charge < -0.3 is 24.9 Å². The van der Waals surface area contributed by atoms with Crippen LogP contribution in [0.4, 0.5) is 0 Å². The van der Waals surface area contributed by atoms with Crippen molar-refractivity contribution in [2.75, 3.05) is 0 Å².